The van der Waals surface area contributed by atoms with E-state index in [2.05, 4.69) is 39.9 Å². The first kappa shape index (κ1) is 34.7. The normalized spacial score (nSPS) is 6.43. The summed E-state index contributed by atoms with van der Waals surface area (Å²) >= 11 is 1.75. The van der Waals surface area contributed by atoms with Crippen molar-refractivity contribution in [1.29, 1.82) is 0 Å². The molecular formula is C12H20Ga4N8O4. The quantitative estimate of drug-likeness (QED) is 0.141. The minimum absolute atomic E-state index is 0.438. The number of hydrogen-bond donors (Lipinski definition) is 4. The monoisotopic (exact) mass is 616 g/mol. The Kier molecular flexibility index (Phi) is 56.0. The van der Waals surface area contributed by atoms with E-state index in [1.54, 1.807) is 25.3 Å². The van der Waals surface area contributed by atoms with E-state index in [0.717, 1.165) is 0 Å². The van der Waals surface area contributed by atoms with Gasteiger partial charge in [0.05, 0.1) is 0 Å². The Morgan fingerprint density at radius 1 is 0.393 bits per heavy atom. The number of aromatic nitrogens is 8. The second-order valence-corrected chi connectivity index (χ2v) is 3.24. The topological polar surface area (TPSA) is 212 Å². The van der Waals surface area contributed by atoms with E-state index in [1.165, 1.54) is 0 Å². The number of aromatic amines is 8. The van der Waals surface area contributed by atoms with Crippen molar-refractivity contribution >= 4 is 75.9 Å². The fourth-order valence-electron chi connectivity index (χ4n) is 0.962. The molecular weight excluding hydrogens is 599 g/mol. The number of hydrogen-bond acceptors (Lipinski definition) is 4. The summed E-state index contributed by atoms with van der Waals surface area (Å²) in [5.74, 6) is 0. The van der Waals surface area contributed by atoms with Gasteiger partial charge >= 0.3 is 91.5 Å². The van der Waals surface area contributed by atoms with Crippen LogP contribution in [0, 0.1) is 0 Å². The van der Waals surface area contributed by atoms with Crippen molar-refractivity contribution in [2.75, 3.05) is 0 Å². The van der Waals surface area contributed by atoms with Crippen LogP contribution in [-0.4, -0.2) is 95.8 Å². The van der Waals surface area contributed by atoms with E-state index in [4.69, 9.17) is 15.6 Å². The summed E-state index contributed by atoms with van der Waals surface area (Å²) in [6.45, 7) is 0. The van der Waals surface area contributed by atoms with Crippen LogP contribution in [0.2, 0.25) is 0 Å². The SMILES string of the molecule is [O-][Ga].[O-][Ga].[O-][Ga].[O-][Ga].c1c[nH+]c[nH]1.c1c[nH+]c[nH]1.c1c[nH+]c[nH]1.c1c[nH+]c[nH]1. The predicted octanol–water partition coefficient (Wildman–Crippen LogP) is -6.96. The van der Waals surface area contributed by atoms with Crippen molar-refractivity contribution in [3.63, 3.8) is 0 Å². The molecule has 8 radical (unpaired) electrons. The number of rotatable bonds is 0. The van der Waals surface area contributed by atoms with Crippen molar-refractivity contribution in [1.82, 2.24) is 19.9 Å². The molecule has 0 aromatic carbocycles. The van der Waals surface area contributed by atoms with Gasteiger partial charge in [-0.3, -0.25) is 39.9 Å². The Morgan fingerprint density at radius 2 is 0.571 bits per heavy atom. The fourth-order valence-corrected chi connectivity index (χ4v) is 0.962. The average Bonchev–Trinajstić information content (AvgIpc) is 3.66. The summed E-state index contributed by atoms with van der Waals surface area (Å²) < 4.78 is 33.2. The van der Waals surface area contributed by atoms with Crippen molar-refractivity contribution < 1.29 is 35.5 Å². The average molecular weight is 619 g/mol. The van der Waals surface area contributed by atoms with E-state index >= 15 is 0 Å². The van der Waals surface area contributed by atoms with Crippen molar-refractivity contribution in [3.8, 4) is 0 Å². The van der Waals surface area contributed by atoms with Crippen LogP contribution in [0.5, 0.6) is 0 Å². The molecule has 4 rings (SSSR count). The summed E-state index contributed by atoms with van der Waals surface area (Å²) in [4.78, 5) is 22.4. The number of H-pyrrole nitrogens is 8. The molecule has 16 heteroatoms. The first-order chi connectivity index (χ1) is 14.0. The van der Waals surface area contributed by atoms with E-state index in [0.29, 0.717) is 75.9 Å². The molecule has 0 amide bonds. The maximum Gasteiger partial charge on any atom is 0.239 e. The Morgan fingerprint density at radius 3 is 0.607 bits per heavy atom. The predicted molar refractivity (Wildman–Crippen MR) is 92.4 cm³/mol. The van der Waals surface area contributed by atoms with Crippen LogP contribution in [0.1, 0.15) is 0 Å². The van der Waals surface area contributed by atoms with E-state index < -0.39 is 0 Å². The van der Waals surface area contributed by atoms with Crippen molar-refractivity contribution in [2.45, 2.75) is 0 Å². The summed E-state index contributed by atoms with van der Waals surface area (Å²) in [5.41, 5.74) is 0. The van der Waals surface area contributed by atoms with E-state index in [9.17, 15) is 0 Å². The summed E-state index contributed by atoms with van der Waals surface area (Å²) in [6, 6.07) is 0. The molecule has 0 aliphatic heterocycles. The number of imidazole rings is 4. The zero-order chi connectivity index (χ0) is 22.1. The van der Waals surface area contributed by atoms with Crippen LogP contribution >= 0.6 is 0 Å². The molecule has 0 unspecified atom stereocenters. The fraction of sp³-hybridized carbons (Fsp3) is 0. The van der Waals surface area contributed by atoms with E-state index in [1.807, 2.05) is 49.6 Å². The third-order valence-corrected chi connectivity index (χ3v) is 1.77. The third-order valence-electron chi connectivity index (χ3n) is 1.77. The van der Waals surface area contributed by atoms with Crippen LogP contribution in [0.4, 0.5) is 0 Å². The summed E-state index contributed by atoms with van der Waals surface area (Å²) in [5, 5.41) is 0. The third kappa shape index (κ3) is 40.1. The summed E-state index contributed by atoms with van der Waals surface area (Å²) in [6.07, 6.45) is 21.6. The summed E-state index contributed by atoms with van der Waals surface area (Å²) in [7, 11) is 0. The molecule has 0 aliphatic carbocycles. The van der Waals surface area contributed by atoms with Gasteiger partial charge in [-0.2, -0.15) is 0 Å². The molecule has 28 heavy (non-hydrogen) atoms. The molecule has 4 aromatic rings. The molecule has 4 heterocycles. The van der Waals surface area contributed by atoms with Crippen LogP contribution in [0.3, 0.4) is 0 Å². The Labute approximate surface area is 204 Å². The van der Waals surface area contributed by atoms with Gasteiger partial charge in [-0.1, -0.05) is 0 Å². The maximum atomic E-state index is 8.31. The zero-order valence-corrected chi connectivity index (χ0v) is 24.6. The molecule has 12 nitrogen and oxygen atoms in total. The van der Waals surface area contributed by atoms with Gasteiger partial charge in [0, 0.05) is 0 Å². The second-order valence-electron chi connectivity index (χ2n) is 3.24. The van der Waals surface area contributed by atoms with Crippen LogP contribution < -0.4 is 35.5 Å². The number of nitrogens with one attached hydrogen (secondary N) is 8. The van der Waals surface area contributed by atoms with Crippen molar-refractivity contribution in [3.05, 3.63) is 74.9 Å². The van der Waals surface area contributed by atoms with Gasteiger partial charge in [0.15, 0.2) is 0 Å². The second kappa shape index (κ2) is 45.1. The minimum Gasteiger partial charge on any atom is -0.250 e. The molecule has 0 saturated carbocycles. The van der Waals surface area contributed by atoms with Crippen LogP contribution in [0.15, 0.2) is 74.9 Å². The molecule has 0 saturated heterocycles. The maximum absolute atomic E-state index is 8.31. The largest absolute Gasteiger partial charge is 0.250 e. The zero-order valence-electron chi connectivity index (χ0n) is 14.9. The molecule has 144 valence electrons. The minimum atomic E-state index is 0.438. The molecule has 0 bridgehead atoms. The van der Waals surface area contributed by atoms with Gasteiger partial charge in [0.1, 0.15) is 49.6 Å². The molecule has 0 atom stereocenters. The Bertz CT molecular complexity index is 383. The molecule has 0 spiro atoms. The van der Waals surface area contributed by atoms with Gasteiger partial charge in [0.25, 0.3) is 0 Å². The standard InChI is InChI=1S/4C3H4N2.4Ga.4O/c4*1-2-5-3-4-1;;;;;;;;/h4*1-3H,(H,4,5);;;;;;;;/q;;;;;;;;4*-1/p+4. The molecule has 8 N–H and O–H groups in total. The van der Waals surface area contributed by atoms with Crippen LogP contribution in [0.25, 0.3) is 0 Å². The molecule has 4 aromatic heterocycles. The molecule has 0 fully saturated rings. The van der Waals surface area contributed by atoms with Gasteiger partial charge in [0.2, 0.25) is 25.3 Å². The van der Waals surface area contributed by atoms with Gasteiger partial charge in [-0.05, 0) is 0 Å². The van der Waals surface area contributed by atoms with Crippen LogP contribution in [-0.2, 0) is 0 Å². The van der Waals surface area contributed by atoms with E-state index in [-0.39, 0.29) is 0 Å². The first-order valence-corrected chi connectivity index (χ1v) is 10.9. The van der Waals surface area contributed by atoms with Crippen molar-refractivity contribution in [2.24, 2.45) is 0 Å². The van der Waals surface area contributed by atoms with Gasteiger partial charge in [-0.15, -0.1) is 0 Å². The first-order valence-electron chi connectivity index (χ1n) is 6.89. The smallest absolute Gasteiger partial charge is 0.239 e. The Hall–Kier alpha value is -0.775. The van der Waals surface area contributed by atoms with Gasteiger partial charge in [-0.25, -0.2) is 0 Å². The van der Waals surface area contributed by atoms with Gasteiger partial charge < -0.3 is 0 Å². The Balaban J connectivity index is -0.000000123. The molecule has 0 aliphatic rings.